The van der Waals surface area contributed by atoms with Gasteiger partial charge >= 0.3 is 0 Å². The zero-order valence-electron chi connectivity index (χ0n) is 14.6. The lowest BCUT2D eigenvalue weighted by Gasteiger charge is -2.44. The second-order valence-corrected chi connectivity index (χ2v) is 7.25. The highest BCUT2D eigenvalue weighted by Crippen LogP contribution is 2.44. The molecule has 118 valence electrons. The Morgan fingerprint density at radius 1 is 1.00 bits per heavy atom. The number of hydrogen-bond acceptors (Lipinski definition) is 1. The first-order valence-corrected chi connectivity index (χ1v) is 8.84. The number of rotatable bonds is 8. The maximum Gasteiger partial charge on any atom is 0.0169 e. The van der Waals surface area contributed by atoms with Gasteiger partial charge in [0.15, 0.2) is 0 Å². The van der Waals surface area contributed by atoms with E-state index in [1.807, 2.05) is 6.20 Å². The number of unbranched alkanes of at least 4 members (excludes halogenated alkanes) is 2. The van der Waals surface area contributed by atoms with Crippen molar-refractivity contribution < 1.29 is 0 Å². The lowest BCUT2D eigenvalue weighted by atomic mass is 9.62. The summed E-state index contributed by atoms with van der Waals surface area (Å²) in [6.45, 7) is 14.8. The average Bonchev–Trinajstić information content (AvgIpc) is 2.46. The van der Waals surface area contributed by atoms with Crippen LogP contribution in [0.2, 0.25) is 0 Å². The first kappa shape index (κ1) is 17.6. The molecule has 0 aromatic heterocycles. The molecule has 0 spiro atoms. The summed E-state index contributed by atoms with van der Waals surface area (Å²) in [7, 11) is 2.12. The highest BCUT2D eigenvalue weighted by molar-refractivity contribution is 4.86. The van der Waals surface area contributed by atoms with Gasteiger partial charge in [-0.25, -0.2) is 0 Å². The third-order valence-electron chi connectivity index (χ3n) is 6.17. The van der Waals surface area contributed by atoms with Crippen molar-refractivity contribution in [3.8, 4) is 0 Å². The normalized spacial score (nSPS) is 34.0. The van der Waals surface area contributed by atoms with E-state index < -0.39 is 0 Å². The number of nitrogens with zero attached hydrogens (tertiary/aromatic N) is 1. The Bertz CT molecular complexity index is 271. The first-order valence-electron chi connectivity index (χ1n) is 8.84. The van der Waals surface area contributed by atoms with Crippen LogP contribution in [0.15, 0.2) is 12.8 Å². The monoisotopic (exact) mass is 279 g/mol. The van der Waals surface area contributed by atoms with Crippen molar-refractivity contribution in [1.82, 2.24) is 4.90 Å². The van der Waals surface area contributed by atoms with Crippen LogP contribution in [0.25, 0.3) is 0 Å². The maximum absolute atomic E-state index is 3.80. The van der Waals surface area contributed by atoms with Gasteiger partial charge in [0.1, 0.15) is 0 Å². The highest BCUT2D eigenvalue weighted by Gasteiger charge is 2.36. The minimum absolute atomic E-state index is 0.908. The van der Waals surface area contributed by atoms with Crippen molar-refractivity contribution in [2.45, 2.75) is 66.2 Å². The van der Waals surface area contributed by atoms with Crippen molar-refractivity contribution in [2.75, 3.05) is 13.6 Å². The van der Waals surface area contributed by atoms with Gasteiger partial charge in [0.25, 0.3) is 0 Å². The lowest BCUT2D eigenvalue weighted by molar-refractivity contribution is 0.0587. The van der Waals surface area contributed by atoms with Gasteiger partial charge < -0.3 is 4.90 Å². The summed E-state index contributed by atoms with van der Waals surface area (Å²) in [5.74, 6) is 4.70. The van der Waals surface area contributed by atoms with Gasteiger partial charge in [0.2, 0.25) is 0 Å². The standard InChI is InChI=1S/C19H37N/c1-7-18-14-19(17(5)15(3)16(18)4)12-10-9-11-13-20(6)8-2/h8,15-19H,2,7,9-14H2,1,3-6H3/t15?,16?,17-,18?,19?/m1/s1. The molecular weight excluding hydrogens is 242 g/mol. The molecule has 1 aliphatic carbocycles. The van der Waals surface area contributed by atoms with E-state index in [1.54, 1.807) is 0 Å². The molecule has 5 atom stereocenters. The van der Waals surface area contributed by atoms with E-state index in [-0.39, 0.29) is 0 Å². The zero-order valence-corrected chi connectivity index (χ0v) is 14.6. The Morgan fingerprint density at radius 3 is 2.25 bits per heavy atom. The van der Waals surface area contributed by atoms with Gasteiger partial charge in [-0.15, -0.1) is 0 Å². The second kappa shape index (κ2) is 8.74. The van der Waals surface area contributed by atoms with E-state index >= 15 is 0 Å². The molecule has 1 fully saturated rings. The smallest absolute Gasteiger partial charge is 0.0169 e. The molecule has 0 N–H and O–H groups in total. The summed E-state index contributed by atoms with van der Waals surface area (Å²) in [6, 6.07) is 0. The third-order valence-corrected chi connectivity index (χ3v) is 6.17. The van der Waals surface area contributed by atoms with Crippen molar-refractivity contribution in [2.24, 2.45) is 29.6 Å². The second-order valence-electron chi connectivity index (χ2n) is 7.25. The van der Waals surface area contributed by atoms with Crippen LogP contribution in [0.4, 0.5) is 0 Å². The molecule has 1 nitrogen and oxygen atoms in total. The quantitative estimate of drug-likeness (QED) is 0.524. The molecule has 1 saturated carbocycles. The minimum Gasteiger partial charge on any atom is -0.381 e. The molecule has 1 heteroatoms. The Hall–Kier alpha value is -0.460. The molecule has 0 aliphatic heterocycles. The minimum atomic E-state index is 0.908. The molecule has 0 bridgehead atoms. The van der Waals surface area contributed by atoms with Gasteiger partial charge in [-0.2, -0.15) is 0 Å². The van der Waals surface area contributed by atoms with Crippen LogP contribution in [-0.2, 0) is 0 Å². The van der Waals surface area contributed by atoms with Crippen molar-refractivity contribution >= 4 is 0 Å². The Labute approximate surface area is 127 Å². The average molecular weight is 280 g/mol. The lowest BCUT2D eigenvalue weighted by Crippen LogP contribution is -2.36. The molecule has 20 heavy (non-hydrogen) atoms. The summed E-state index contributed by atoms with van der Waals surface area (Å²) in [4.78, 5) is 2.19. The molecule has 1 aliphatic rings. The predicted molar refractivity (Wildman–Crippen MR) is 90.7 cm³/mol. The van der Waals surface area contributed by atoms with Gasteiger partial charge in [-0.3, -0.25) is 0 Å². The van der Waals surface area contributed by atoms with Gasteiger partial charge in [-0.1, -0.05) is 60.0 Å². The number of hydrogen-bond donors (Lipinski definition) is 0. The molecule has 0 amide bonds. The fraction of sp³-hybridized carbons (Fsp3) is 0.895. The van der Waals surface area contributed by atoms with E-state index in [0.717, 1.165) is 36.1 Å². The SMILES string of the molecule is C=CN(C)CCCCCC1CC(CC)C(C)C(C)[C@H]1C. The van der Waals surface area contributed by atoms with E-state index in [2.05, 4.69) is 46.2 Å². The summed E-state index contributed by atoms with van der Waals surface area (Å²) in [5.41, 5.74) is 0. The van der Waals surface area contributed by atoms with Crippen LogP contribution in [0, 0.1) is 29.6 Å². The molecule has 1 rings (SSSR count). The Morgan fingerprint density at radius 2 is 1.65 bits per heavy atom. The van der Waals surface area contributed by atoms with Crippen LogP contribution in [0.5, 0.6) is 0 Å². The predicted octanol–water partition coefficient (Wildman–Crippen LogP) is 5.58. The van der Waals surface area contributed by atoms with Crippen LogP contribution in [0.3, 0.4) is 0 Å². The largest absolute Gasteiger partial charge is 0.381 e. The summed E-state index contributed by atoms with van der Waals surface area (Å²) < 4.78 is 0. The van der Waals surface area contributed by atoms with Crippen molar-refractivity contribution in [1.29, 1.82) is 0 Å². The molecule has 0 radical (unpaired) electrons. The molecule has 0 aromatic rings. The van der Waals surface area contributed by atoms with E-state index in [0.29, 0.717) is 0 Å². The topological polar surface area (TPSA) is 3.24 Å². The Balaban J connectivity index is 2.30. The van der Waals surface area contributed by atoms with E-state index in [9.17, 15) is 0 Å². The van der Waals surface area contributed by atoms with Crippen LogP contribution in [0.1, 0.15) is 66.2 Å². The van der Waals surface area contributed by atoms with Crippen LogP contribution in [-0.4, -0.2) is 18.5 Å². The molecule has 0 aromatic carbocycles. The fourth-order valence-electron chi connectivity index (χ4n) is 4.11. The van der Waals surface area contributed by atoms with Crippen molar-refractivity contribution in [3.63, 3.8) is 0 Å². The first-order chi connectivity index (χ1) is 9.51. The highest BCUT2D eigenvalue weighted by atomic mass is 15.1. The summed E-state index contributed by atoms with van der Waals surface area (Å²) >= 11 is 0. The van der Waals surface area contributed by atoms with Gasteiger partial charge in [-0.05, 0) is 48.6 Å². The summed E-state index contributed by atoms with van der Waals surface area (Å²) in [6.07, 6.45) is 10.3. The van der Waals surface area contributed by atoms with Gasteiger partial charge in [0.05, 0.1) is 0 Å². The molecule has 4 unspecified atom stereocenters. The summed E-state index contributed by atoms with van der Waals surface area (Å²) in [5, 5.41) is 0. The van der Waals surface area contributed by atoms with Gasteiger partial charge in [0, 0.05) is 13.6 Å². The Kier molecular flexibility index (Phi) is 7.69. The van der Waals surface area contributed by atoms with Crippen molar-refractivity contribution in [3.05, 3.63) is 12.8 Å². The van der Waals surface area contributed by atoms with Crippen LogP contribution >= 0.6 is 0 Å². The molecule has 0 heterocycles. The van der Waals surface area contributed by atoms with Crippen LogP contribution < -0.4 is 0 Å². The van der Waals surface area contributed by atoms with E-state index in [4.69, 9.17) is 0 Å². The third kappa shape index (κ3) is 4.82. The molecule has 0 saturated heterocycles. The van der Waals surface area contributed by atoms with E-state index in [1.165, 1.54) is 38.5 Å². The maximum atomic E-state index is 3.80. The molecular formula is C19H37N. The zero-order chi connectivity index (χ0) is 15.1. The fourth-order valence-corrected chi connectivity index (χ4v) is 4.11.